The maximum atomic E-state index is 12.2. The van der Waals surface area contributed by atoms with E-state index in [-0.39, 0.29) is 13.2 Å². The number of fused-ring (bicyclic) bond motifs is 1. The number of aliphatic hydroxyl groups is 1. The fourth-order valence-corrected chi connectivity index (χ4v) is 2.68. The monoisotopic (exact) mass is 395 g/mol. The molecule has 0 aliphatic rings. The number of ether oxygens (including phenoxy) is 2. The van der Waals surface area contributed by atoms with Crippen LogP contribution in [0.25, 0.3) is 22.3 Å². The predicted octanol–water partition coefficient (Wildman–Crippen LogP) is 4.04. The maximum Gasteiger partial charge on any atom is 0.414 e. The summed E-state index contributed by atoms with van der Waals surface area (Å²) in [6.45, 7) is 5.68. The van der Waals surface area contributed by atoms with E-state index in [0.717, 1.165) is 16.8 Å². The second kappa shape index (κ2) is 8.45. The van der Waals surface area contributed by atoms with Crippen molar-refractivity contribution in [3.63, 3.8) is 0 Å². The summed E-state index contributed by atoms with van der Waals surface area (Å²) in [4.78, 5) is 22.8. The first-order valence-electron chi connectivity index (χ1n) is 9.34. The first-order chi connectivity index (χ1) is 13.8. The van der Waals surface area contributed by atoms with E-state index in [1.54, 1.807) is 25.4 Å². The molecule has 1 N–H and O–H groups in total. The Morgan fingerprint density at radius 2 is 1.83 bits per heavy atom. The predicted molar refractivity (Wildman–Crippen MR) is 112 cm³/mol. The van der Waals surface area contributed by atoms with Crippen LogP contribution in [0.5, 0.6) is 5.75 Å². The Morgan fingerprint density at radius 1 is 1.10 bits per heavy atom. The Bertz CT molecular complexity index is 997. The molecular formula is C22H25N3O4. The maximum absolute atomic E-state index is 12.2. The number of benzene rings is 2. The molecule has 29 heavy (non-hydrogen) atoms. The van der Waals surface area contributed by atoms with Gasteiger partial charge in [-0.2, -0.15) is 0 Å². The minimum atomic E-state index is -0.550. The van der Waals surface area contributed by atoms with E-state index in [4.69, 9.17) is 14.6 Å². The molecule has 0 unspecified atom stereocenters. The first kappa shape index (κ1) is 20.5. The molecule has 2 aromatic carbocycles. The van der Waals surface area contributed by atoms with Gasteiger partial charge < -0.3 is 14.6 Å². The van der Waals surface area contributed by atoms with E-state index in [1.807, 2.05) is 51.1 Å². The number of amides is 1. The molecule has 1 heterocycles. The van der Waals surface area contributed by atoms with Gasteiger partial charge in [-0.1, -0.05) is 12.1 Å². The summed E-state index contributed by atoms with van der Waals surface area (Å²) in [5, 5.41) is 8.90. The molecular weight excluding hydrogens is 370 g/mol. The fourth-order valence-electron chi connectivity index (χ4n) is 2.68. The molecule has 3 aromatic rings. The van der Waals surface area contributed by atoms with Crippen molar-refractivity contribution >= 4 is 22.8 Å². The molecule has 3 rings (SSSR count). The van der Waals surface area contributed by atoms with Crippen molar-refractivity contribution in [3.05, 3.63) is 48.7 Å². The molecule has 1 amide bonds. The molecule has 0 atom stereocenters. The Morgan fingerprint density at radius 3 is 2.48 bits per heavy atom. The number of nitrogens with zero attached hydrogens (tertiary/aromatic N) is 3. The average Bonchev–Trinajstić information content (AvgIpc) is 2.70. The summed E-state index contributed by atoms with van der Waals surface area (Å²) in [7, 11) is 1.67. The van der Waals surface area contributed by atoms with Crippen LogP contribution in [0.4, 0.5) is 10.5 Å². The van der Waals surface area contributed by atoms with Gasteiger partial charge in [0, 0.05) is 24.4 Å². The molecule has 1 aromatic heterocycles. The molecule has 152 valence electrons. The van der Waals surface area contributed by atoms with Crippen molar-refractivity contribution in [1.29, 1.82) is 0 Å². The van der Waals surface area contributed by atoms with Crippen LogP contribution in [0.2, 0.25) is 0 Å². The van der Waals surface area contributed by atoms with Crippen molar-refractivity contribution in [2.24, 2.45) is 0 Å². The minimum absolute atomic E-state index is 0.0478. The van der Waals surface area contributed by atoms with Gasteiger partial charge in [0.15, 0.2) is 0 Å². The van der Waals surface area contributed by atoms with Crippen LogP contribution in [-0.2, 0) is 4.74 Å². The lowest BCUT2D eigenvalue weighted by molar-refractivity contribution is 0.0589. The van der Waals surface area contributed by atoms with Gasteiger partial charge in [-0.15, -0.1) is 0 Å². The normalized spacial score (nSPS) is 11.3. The smallest absolute Gasteiger partial charge is 0.414 e. The third kappa shape index (κ3) is 5.20. The number of aliphatic hydroxyl groups excluding tert-OH is 1. The minimum Gasteiger partial charge on any atom is -0.491 e. The highest BCUT2D eigenvalue weighted by atomic mass is 16.6. The molecule has 0 saturated carbocycles. The van der Waals surface area contributed by atoms with E-state index >= 15 is 0 Å². The second-order valence-corrected chi connectivity index (χ2v) is 7.56. The Balaban J connectivity index is 1.81. The zero-order chi connectivity index (χ0) is 21.0. The van der Waals surface area contributed by atoms with E-state index < -0.39 is 11.7 Å². The van der Waals surface area contributed by atoms with Gasteiger partial charge in [-0.05, 0) is 45.0 Å². The standard InChI is InChI=1S/C22H25N3O4/c1-22(2,3)29-21(27)25(4)16-7-5-15(6-8-16)20-14-23-18-10-9-17(28-12-11-26)13-19(18)24-20/h5-10,13-14,26H,11-12H2,1-4H3. The topological polar surface area (TPSA) is 84.8 Å². The zero-order valence-corrected chi connectivity index (χ0v) is 17.0. The summed E-state index contributed by atoms with van der Waals surface area (Å²) in [5.41, 5.74) is 3.22. The number of hydrogen-bond donors (Lipinski definition) is 1. The summed E-state index contributed by atoms with van der Waals surface area (Å²) in [5.74, 6) is 0.632. The van der Waals surface area contributed by atoms with Gasteiger partial charge >= 0.3 is 6.09 Å². The SMILES string of the molecule is CN(C(=O)OC(C)(C)C)c1ccc(-c2cnc3ccc(OCCO)cc3n2)cc1. The van der Waals surface area contributed by atoms with Crippen LogP contribution in [0.1, 0.15) is 20.8 Å². The molecule has 7 nitrogen and oxygen atoms in total. The average molecular weight is 395 g/mol. The summed E-state index contributed by atoms with van der Waals surface area (Å²) >= 11 is 0. The lowest BCUT2D eigenvalue weighted by Gasteiger charge is -2.24. The summed E-state index contributed by atoms with van der Waals surface area (Å²) < 4.78 is 10.8. The highest BCUT2D eigenvalue weighted by molar-refractivity contribution is 5.87. The fraction of sp³-hybridized carbons (Fsp3) is 0.318. The quantitative estimate of drug-likeness (QED) is 0.702. The number of carbonyl (C=O) groups excluding carboxylic acids is 1. The molecule has 0 spiro atoms. The van der Waals surface area contributed by atoms with Gasteiger partial charge in [0.25, 0.3) is 0 Å². The molecule has 0 fully saturated rings. The van der Waals surface area contributed by atoms with Crippen LogP contribution in [0.15, 0.2) is 48.7 Å². The van der Waals surface area contributed by atoms with Gasteiger partial charge in [0.05, 0.1) is 29.5 Å². The molecule has 0 aliphatic heterocycles. The van der Waals surface area contributed by atoms with Crippen LogP contribution >= 0.6 is 0 Å². The van der Waals surface area contributed by atoms with E-state index in [0.29, 0.717) is 17.0 Å². The van der Waals surface area contributed by atoms with Gasteiger partial charge in [0.2, 0.25) is 0 Å². The molecule has 0 aliphatic carbocycles. The number of hydrogen-bond acceptors (Lipinski definition) is 6. The van der Waals surface area contributed by atoms with Crippen LogP contribution < -0.4 is 9.64 Å². The number of carbonyl (C=O) groups is 1. The van der Waals surface area contributed by atoms with Gasteiger partial charge in [0.1, 0.15) is 18.0 Å². The van der Waals surface area contributed by atoms with E-state index in [1.165, 1.54) is 4.90 Å². The van der Waals surface area contributed by atoms with E-state index in [9.17, 15) is 4.79 Å². The molecule has 0 radical (unpaired) electrons. The summed E-state index contributed by atoms with van der Waals surface area (Å²) in [6, 6.07) is 12.9. The number of aromatic nitrogens is 2. The van der Waals surface area contributed by atoms with Gasteiger partial charge in [-0.25, -0.2) is 9.78 Å². The molecule has 0 bridgehead atoms. The van der Waals surface area contributed by atoms with Crippen molar-refractivity contribution in [2.45, 2.75) is 26.4 Å². The highest BCUT2D eigenvalue weighted by Crippen LogP contribution is 2.25. The largest absolute Gasteiger partial charge is 0.491 e. The van der Waals surface area contributed by atoms with E-state index in [2.05, 4.69) is 9.97 Å². The van der Waals surface area contributed by atoms with Crippen LogP contribution in [-0.4, -0.2) is 47.0 Å². The van der Waals surface area contributed by atoms with Crippen LogP contribution in [0, 0.1) is 0 Å². The van der Waals surface area contributed by atoms with Gasteiger partial charge in [-0.3, -0.25) is 9.88 Å². The number of anilines is 1. The van der Waals surface area contributed by atoms with Crippen molar-refractivity contribution in [2.75, 3.05) is 25.2 Å². The lowest BCUT2D eigenvalue weighted by Crippen LogP contribution is -2.34. The Kier molecular flexibility index (Phi) is 5.98. The Hall–Kier alpha value is -3.19. The lowest BCUT2D eigenvalue weighted by atomic mass is 10.1. The van der Waals surface area contributed by atoms with Crippen molar-refractivity contribution in [1.82, 2.24) is 9.97 Å². The summed E-state index contributed by atoms with van der Waals surface area (Å²) in [6.07, 6.45) is 1.30. The highest BCUT2D eigenvalue weighted by Gasteiger charge is 2.20. The third-order valence-electron chi connectivity index (χ3n) is 4.09. The zero-order valence-electron chi connectivity index (χ0n) is 17.0. The molecule has 0 saturated heterocycles. The van der Waals surface area contributed by atoms with Crippen LogP contribution in [0.3, 0.4) is 0 Å². The Labute approximate surface area is 169 Å². The molecule has 7 heteroatoms. The van der Waals surface area contributed by atoms with Crippen molar-refractivity contribution < 1.29 is 19.4 Å². The number of rotatable bonds is 5. The second-order valence-electron chi connectivity index (χ2n) is 7.56. The first-order valence-corrected chi connectivity index (χ1v) is 9.34. The van der Waals surface area contributed by atoms with Crippen molar-refractivity contribution in [3.8, 4) is 17.0 Å². The third-order valence-corrected chi connectivity index (χ3v) is 4.09.